The molecule has 2 heteroatoms. The molecular formula is C7H12FI. The topological polar surface area (TPSA) is 0 Å². The lowest BCUT2D eigenvalue weighted by molar-refractivity contribution is 0.315. The van der Waals surface area contributed by atoms with E-state index >= 15 is 0 Å². The van der Waals surface area contributed by atoms with Crippen molar-refractivity contribution < 1.29 is 4.39 Å². The van der Waals surface area contributed by atoms with Gasteiger partial charge < -0.3 is 0 Å². The van der Waals surface area contributed by atoms with Crippen molar-refractivity contribution in [2.24, 2.45) is 0 Å². The van der Waals surface area contributed by atoms with Gasteiger partial charge in [-0.15, -0.1) is 0 Å². The fourth-order valence-electron chi connectivity index (χ4n) is 1.22. The minimum atomic E-state index is -0.520. The quantitative estimate of drug-likeness (QED) is 0.348. The van der Waals surface area contributed by atoms with E-state index in [2.05, 4.69) is 22.6 Å². The summed E-state index contributed by atoms with van der Waals surface area (Å²) < 4.78 is 13.1. The van der Waals surface area contributed by atoms with E-state index in [1.54, 1.807) is 0 Å². The monoisotopic (exact) mass is 242 g/mol. The Morgan fingerprint density at radius 2 is 1.78 bits per heavy atom. The van der Waals surface area contributed by atoms with Crippen LogP contribution in [0.2, 0.25) is 0 Å². The molecule has 2 unspecified atom stereocenters. The van der Waals surface area contributed by atoms with E-state index < -0.39 is 6.17 Å². The summed E-state index contributed by atoms with van der Waals surface area (Å²) in [4.78, 5) is 0. The second-order valence-corrected chi connectivity index (χ2v) is 4.27. The molecule has 0 bridgehead atoms. The van der Waals surface area contributed by atoms with Crippen molar-refractivity contribution in [2.45, 2.75) is 42.2 Å². The van der Waals surface area contributed by atoms with Crippen molar-refractivity contribution >= 4 is 22.6 Å². The zero-order valence-electron chi connectivity index (χ0n) is 5.45. The molecule has 1 fully saturated rings. The molecule has 0 aromatic heterocycles. The number of rotatable bonds is 0. The lowest BCUT2D eigenvalue weighted by atomic mass is 10.2. The van der Waals surface area contributed by atoms with Gasteiger partial charge in [0.2, 0.25) is 0 Å². The van der Waals surface area contributed by atoms with E-state index in [1.807, 2.05) is 0 Å². The molecule has 1 rings (SSSR count). The second-order valence-electron chi connectivity index (χ2n) is 2.67. The minimum Gasteiger partial charge on any atom is -0.246 e. The number of hydrogen-bond acceptors (Lipinski definition) is 0. The van der Waals surface area contributed by atoms with E-state index in [0.29, 0.717) is 3.92 Å². The van der Waals surface area contributed by atoms with Crippen LogP contribution >= 0.6 is 22.6 Å². The van der Waals surface area contributed by atoms with Gasteiger partial charge >= 0.3 is 0 Å². The highest BCUT2D eigenvalue weighted by Gasteiger charge is 2.19. The van der Waals surface area contributed by atoms with Crippen molar-refractivity contribution in [3.63, 3.8) is 0 Å². The van der Waals surface area contributed by atoms with Crippen molar-refractivity contribution in [2.75, 3.05) is 0 Å². The van der Waals surface area contributed by atoms with E-state index in [1.165, 1.54) is 12.8 Å². The molecule has 54 valence electrons. The van der Waals surface area contributed by atoms with Crippen LogP contribution in [-0.4, -0.2) is 10.1 Å². The Balaban J connectivity index is 2.32. The largest absolute Gasteiger partial charge is 0.246 e. The van der Waals surface area contributed by atoms with Crippen LogP contribution in [0.1, 0.15) is 32.1 Å². The van der Waals surface area contributed by atoms with Crippen molar-refractivity contribution in [1.82, 2.24) is 0 Å². The summed E-state index contributed by atoms with van der Waals surface area (Å²) in [5.41, 5.74) is 0. The highest BCUT2D eigenvalue weighted by atomic mass is 127. The van der Waals surface area contributed by atoms with Crippen LogP contribution in [0.15, 0.2) is 0 Å². The zero-order valence-corrected chi connectivity index (χ0v) is 7.60. The molecule has 0 aromatic carbocycles. The van der Waals surface area contributed by atoms with Crippen molar-refractivity contribution in [3.8, 4) is 0 Å². The summed E-state index contributed by atoms with van der Waals surface area (Å²) in [5.74, 6) is 0. The smallest absolute Gasteiger partial charge is 0.112 e. The fourth-order valence-corrected chi connectivity index (χ4v) is 2.02. The molecule has 1 aliphatic rings. The Bertz CT molecular complexity index is 75.0. The number of alkyl halides is 2. The molecule has 1 saturated carbocycles. The van der Waals surface area contributed by atoms with Crippen LogP contribution in [0.4, 0.5) is 4.39 Å². The molecule has 9 heavy (non-hydrogen) atoms. The summed E-state index contributed by atoms with van der Waals surface area (Å²) >= 11 is 2.23. The minimum absolute atomic E-state index is 0.296. The molecule has 0 radical (unpaired) electrons. The maximum atomic E-state index is 12.8. The molecule has 0 N–H and O–H groups in total. The number of halogens is 2. The molecule has 0 saturated heterocycles. The van der Waals surface area contributed by atoms with Crippen LogP contribution in [0.5, 0.6) is 0 Å². The molecule has 0 heterocycles. The first-order chi connectivity index (χ1) is 4.30. The van der Waals surface area contributed by atoms with Gasteiger partial charge in [0.25, 0.3) is 0 Å². The molecule has 2 atom stereocenters. The summed E-state index contributed by atoms with van der Waals surface area (Å²) in [6, 6.07) is 0. The summed E-state index contributed by atoms with van der Waals surface area (Å²) in [5, 5.41) is 0. The van der Waals surface area contributed by atoms with E-state index in [0.717, 1.165) is 19.3 Å². The Labute approximate surface area is 69.4 Å². The highest BCUT2D eigenvalue weighted by Crippen LogP contribution is 2.25. The SMILES string of the molecule is FC1CCCCCC1I. The summed E-state index contributed by atoms with van der Waals surface area (Å²) in [6.07, 6.45) is 4.93. The molecular weight excluding hydrogens is 230 g/mol. The van der Waals surface area contributed by atoms with Gasteiger partial charge in [-0.05, 0) is 12.8 Å². The van der Waals surface area contributed by atoms with Crippen LogP contribution in [0.25, 0.3) is 0 Å². The van der Waals surface area contributed by atoms with Crippen LogP contribution in [0.3, 0.4) is 0 Å². The average molecular weight is 242 g/mol. The predicted molar refractivity (Wildman–Crippen MR) is 45.8 cm³/mol. The molecule has 1 aliphatic carbocycles. The van der Waals surface area contributed by atoms with Gasteiger partial charge in [0.1, 0.15) is 6.17 Å². The zero-order chi connectivity index (χ0) is 6.69. The standard InChI is InChI=1S/C7H12FI/c8-6-4-2-1-3-5-7(6)9/h6-7H,1-5H2. The Morgan fingerprint density at radius 1 is 1.11 bits per heavy atom. The second kappa shape index (κ2) is 3.74. The van der Waals surface area contributed by atoms with Crippen LogP contribution in [0, 0.1) is 0 Å². The van der Waals surface area contributed by atoms with Crippen molar-refractivity contribution in [1.29, 1.82) is 0 Å². The normalized spacial score (nSPS) is 38.0. The summed E-state index contributed by atoms with van der Waals surface area (Å²) in [7, 11) is 0. The Morgan fingerprint density at radius 3 is 2.56 bits per heavy atom. The first kappa shape index (κ1) is 7.76. The molecule has 0 amide bonds. The van der Waals surface area contributed by atoms with Gasteiger partial charge in [0, 0.05) is 3.92 Å². The van der Waals surface area contributed by atoms with Gasteiger partial charge in [0.05, 0.1) is 0 Å². The van der Waals surface area contributed by atoms with E-state index in [-0.39, 0.29) is 0 Å². The Kier molecular flexibility index (Phi) is 3.22. The predicted octanol–water partition coefficient (Wildman–Crippen LogP) is 3.09. The molecule has 0 nitrogen and oxygen atoms in total. The van der Waals surface area contributed by atoms with E-state index in [4.69, 9.17) is 0 Å². The maximum absolute atomic E-state index is 12.8. The molecule has 0 aliphatic heterocycles. The molecule has 0 aromatic rings. The summed E-state index contributed by atoms with van der Waals surface area (Å²) in [6.45, 7) is 0. The van der Waals surface area contributed by atoms with Gasteiger partial charge in [-0.1, -0.05) is 41.9 Å². The lowest BCUT2D eigenvalue weighted by Crippen LogP contribution is -2.12. The average Bonchev–Trinajstić information content (AvgIpc) is 1.99. The third kappa shape index (κ3) is 2.40. The third-order valence-electron chi connectivity index (χ3n) is 1.85. The first-order valence-corrected chi connectivity index (χ1v) is 4.83. The van der Waals surface area contributed by atoms with Gasteiger partial charge in [-0.25, -0.2) is 4.39 Å². The number of hydrogen-bond donors (Lipinski definition) is 0. The van der Waals surface area contributed by atoms with Gasteiger partial charge in [-0.3, -0.25) is 0 Å². The van der Waals surface area contributed by atoms with Gasteiger partial charge in [0.15, 0.2) is 0 Å². The fraction of sp³-hybridized carbons (Fsp3) is 1.00. The third-order valence-corrected chi connectivity index (χ3v) is 3.26. The first-order valence-electron chi connectivity index (χ1n) is 3.59. The van der Waals surface area contributed by atoms with E-state index in [9.17, 15) is 4.39 Å². The maximum Gasteiger partial charge on any atom is 0.112 e. The van der Waals surface area contributed by atoms with Crippen molar-refractivity contribution in [3.05, 3.63) is 0 Å². The van der Waals surface area contributed by atoms with Crippen LogP contribution < -0.4 is 0 Å². The highest BCUT2D eigenvalue weighted by molar-refractivity contribution is 14.1. The lowest BCUT2D eigenvalue weighted by Gasteiger charge is -2.08. The van der Waals surface area contributed by atoms with Crippen LogP contribution in [-0.2, 0) is 0 Å². The molecule has 0 spiro atoms. The van der Waals surface area contributed by atoms with Gasteiger partial charge in [-0.2, -0.15) is 0 Å². The Hall–Kier alpha value is 0.660.